The van der Waals surface area contributed by atoms with Gasteiger partial charge < -0.3 is 5.11 Å². The molecule has 1 atom stereocenters. The molecule has 0 aliphatic carbocycles. The second-order valence-corrected chi connectivity index (χ2v) is 4.64. The molecule has 0 radical (unpaired) electrons. The average molecular weight is 317 g/mol. The zero-order chi connectivity index (χ0) is 13.3. The third kappa shape index (κ3) is 2.30. The highest BCUT2D eigenvalue weighted by Gasteiger charge is 2.22. The molecule has 0 saturated carbocycles. The summed E-state index contributed by atoms with van der Waals surface area (Å²) in [7, 11) is 0. The topological polar surface area (TPSA) is 38.0 Å². The lowest BCUT2D eigenvalue weighted by Crippen LogP contribution is -2.05. The first-order chi connectivity index (χ1) is 8.54. The molecule has 0 aliphatic rings. The maximum Gasteiger partial charge on any atom is 0.146 e. The second kappa shape index (κ2) is 5.16. The van der Waals surface area contributed by atoms with Gasteiger partial charge >= 0.3 is 0 Å². The number of rotatable bonds is 3. The van der Waals surface area contributed by atoms with E-state index in [9.17, 15) is 13.9 Å². The zero-order valence-electron chi connectivity index (χ0n) is 9.57. The lowest BCUT2D eigenvalue weighted by atomic mass is 10.0. The highest BCUT2D eigenvalue weighted by molar-refractivity contribution is 9.10. The van der Waals surface area contributed by atoms with Gasteiger partial charge in [0.05, 0.1) is 16.2 Å². The Bertz CT molecular complexity index is 571. The Morgan fingerprint density at radius 1 is 1.44 bits per heavy atom. The van der Waals surface area contributed by atoms with Gasteiger partial charge in [-0.2, -0.15) is 5.10 Å². The summed E-state index contributed by atoms with van der Waals surface area (Å²) in [6, 6.07) is 2.37. The van der Waals surface area contributed by atoms with Crippen molar-refractivity contribution in [3.8, 4) is 0 Å². The van der Waals surface area contributed by atoms with Crippen molar-refractivity contribution in [3.05, 3.63) is 51.8 Å². The van der Waals surface area contributed by atoms with E-state index < -0.39 is 17.7 Å². The van der Waals surface area contributed by atoms with E-state index in [1.54, 1.807) is 10.9 Å². The minimum Gasteiger partial charge on any atom is -0.383 e. The van der Waals surface area contributed by atoms with Gasteiger partial charge in [0.25, 0.3) is 0 Å². The summed E-state index contributed by atoms with van der Waals surface area (Å²) in [6.07, 6.45) is 1.58. The molecule has 0 bridgehead atoms. The molecule has 0 fully saturated rings. The summed E-state index contributed by atoms with van der Waals surface area (Å²) in [5.41, 5.74) is -0.0206. The van der Waals surface area contributed by atoms with Gasteiger partial charge in [0.2, 0.25) is 0 Å². The van der Waals surface area contributed by atoms with Gasteiger partial charge in [0.1, 0.15) is 17.7 Å². The predicted octanol–water partition coefficient (Wildman–Crippen LogP) is 3.03. The second-order valence-electron chi connectivity index (χ2n) is 3.79. The van der Waals surface area contributed by atoms with Crippen LogP contribution in [-0.2, 0) is 6.54 Å². The molecule has 1 aromatic carbocycles. The molecule has 1 heterocycles. The van der Waals surface area contributed by atoms with Gasteiger partial charge in [-0.25, -0.2) is 8.78 Å². The zero-order valence-corrected chi connectivity index (χ0v) is 11.2. The Hall–Kier alpha value is -1.27. The van der Waals surface area contributed by atoms with E-state index >= 15 is 0 Å². The predicted molar refractivity (Wildman–Crippen MR) is 66.0 cm³/mol. The highest BCUT2D eigenvalue weighted by Crippen LogP contribution is 2.30. The molecule has 2 rings (SSSR count). The molecule has 1 N–H and O–H groups in total. The first-order valence-corrected chi connectivity index (χ1v) is 6.17. The van der Waals surface area contributed by atoms with Gasteiger partial charge in [0.15, 0.2) is 0 Å². The quantitative estimate of drug-likeness (QED) is 0.884. The number of nitrogens with zero attached hydrogens (tertiary/aromatic N) is 2. The molecular formula is C12H11BrF2N2O. The Kier molecular flexibility index (Phi) is 3.77. The SMILES string of the molecule is CCn1cc(C(O)c2c(F)ccc(Br)c2F)cn1. The summed E-state index contributed by atoms with van der Waals surface area (Å²) < 4.78 is 29.1. The van der Waals surface area contributed by atoms with E-state index in [0.29, 0.717) is 12.1 Å². The normalized spacial score (nSPS) is 12.7. The molecule has 6 heteroatoms. The van der Waals surface area contributed by atoms with Crippen LogP contribution in [0, 0.1) is 11.6 Å². The summed E-state index contributed by atoms with van der Waals surface area (Å²) in [4.78, 5) is 0. The molecule has 1 unspecified atom stereocenters. The van der Waals surface area contributed by atoms with Crippen LogP contribution < -0.4 is 0 Å². The standard InChI is InChI=1S/C12H11BrF2N2O/c1-2-17-6-7(5-16-17)12(18)10-9(14)4-3-8(13)11(10)15/h3-6,12,18H,2H2,1H3. The van der Waals surface area contributed by atoms with E-state index in [1.807, 2.05) is 6.92 Å². The van der Waals surface area contributed by atoms with Crippen molar-refractivity contribution in [2.45, 2.75) is 19.6 Å². The van der Waals surface area contributed by atoms with E-state index in [-0.39, 0.29) is 10.0 Å². The monoisotopic (exact) mass is 316 g/mol. The number of aliphatic hydroxyl groups is 1. The van der Waals surface area contributed by atoms with E-state index in [4.69, 9.17) is 0 Å². The summed E-state index contributed by atoms with van der Waals surface area (Å²) in [6.45, 7) is 2.50. The fraction of sp³-hybridized carbons (Fsp3) is 0.250. The smallest absolute Gasteiger partial charge is 0.146 e. The van der Waals surface area contributed by atoms with Gasteiger partial charge in [-0.05, 0) is 35.0 Å². The molecule has 0 saturated heterocycles. The van der Waals surface area contributed by atoms with Gasteiger partial charge in [-0.1, -0.05) is 0 Å². The van der Waals surface area contributed by atoms with Crippen molar-refractivity contribution < 1.29 is 13.9 Å². The van der Waals surface area contributed by atoms with Crippen molar-refractivity contribution in [1.82, 2.24) is 9.78 Å². The maximum absolute atomic E-state index is 13.8. The van der Waals surface area contributed by atoms with Crippen LogP contribution in [0.25, 0.3) is 0 Å². The van der Waals surface area contributed by atoms with E-state index in [1.165, 1.54) is 12.3 Å². The number of benzene rings is 1. The Labute approximate surface area is 111 Å². The highest BCUT2D eigenvalue weighted by atomic mass is 79.9. The van der Waals surface area contributed by atoms with Crippen molar-refractivity contribution in [3.63, 3.8) is 0 Å². The molecule has 0 spiro atoms. The van der Waals surface area contributed by atoms with Crippen molar-refractivity contribution in [2.75, 3.05) is 0 Å². The van der Waals surface area contributed by atoms with Crippen LogP contribution in [0.4, 0.5) is 8.78 Å². The molecule has 1 aromatic heterocycles. The average Bonchev–Trinajstić information content (AvgIpc) is 2.83. The Morgan fingerprint density at radius 3 is 2.78 bits per heavy atom. The Morgan fingerprint density at radius 2 is 2.17 bits per heavy atom. The van der Waals surface area contributed by atoms with Crippen molar-refractivity contribution in [1.29, 1.82) is 0 Å². The molecular weight excluding hydrogens is 306 g/mol. The number of hydrogen-bond acceptors (Lipinski definition) is 2. The first-order valence-electron chi connectivity index (χ1n) is 5.38. The Balaban J connectivity index is 2.45. The van der Waals surface area contributed by atoms with Gasteiger partial charge in [0, 0.05) is 18.3 Å². The van der Waals surface area contributed by atoms with E-state index in [0.717, 1.165) is 6.07 Å². The molecule has 3 nitrogen and oxygen atoms in total. The summed E-state index contributed by atoms with van der Waals surface area (Å²) in [5, 5.41) is 14.0. The molecule has 2 aromatic rings. The van der Waals surface area contributed by atoms with Crippen molar-refractivity contribution in [2.24, 2.45) is 0 Å². The van der Waals surface area contributed by atoms with Crippen LogP contribution in [0.15, 0.2) is 29.0 Å². The van der Waals surface area contributed by atoms with Crippen LogP contribution in [0.1, 0.15) is 24.2 Å². The molecule has 0 aliphatic heterocycles. The van der Waals surface area contributed by atoms with Crippen LogP contribution in [0.2, 0.25) is 0 Å². The maximum atomic E-state index is 13.8. The number of aliphatic hydroxyl groups excluding tert-OH is 1. The van der Waals surface area contributed by atoms with Crippen LogP contribution in [0.3, 0.4) is 0 Å². The lowest BCUT2D eigenvalue weighted by Gasteiger charge is -2.12. The number of aryl methyl sites for hydroxylation is 1. The lowest BCUT2D eigenvalue weighted by molar-refractivity contribution is 0.208. The third-order valence-electron chi connectivity index (χ3n) is 2.65. The first kappa shape index (κ1) is 13.2. The molecule has 18 heavy (non-hydrogen) atoms. The van der Waals surface area contributed by atoms with Crippen LogP contribution in [-0.4, -0.2) is 14.9 Å². The third-order valence-corrected chi connectivity index (χ3v) is 3.26. The largest absolute Gasteiger partial charge is 0.383 e. The van der Waals surface area contributed by atoms with Gasteiger partial charge in [-0.15, -0.1) is 0 Å². The number of hydrogen-bond donors (Lipinski definition) is 1. The van der Waals surface area contributed by atoms with E-state index in [2.05, 4.69) is 21.0 Å². The summed E-state index contributed by atoms with van der Waals surface area (Å²) in [5.74, 6) is -1.58. The number of aromatic nitrogens is 2. The van der Waals surface area contributed by atoms with Crippen LogP contribution >= 0.6 is 15.9 Å². The van der Waals surface area contributed by atoms with Crippen LogP contribution in [0.5, 0.6) is 0 Å². The molecule has 0 amide bonds. The minimum atomic E-state index is -1.37. The fourth-order valence-electron chi connectivity index (χ4n) is 1.65. The minimum absolute atomic E-state index is 0.112. The van der Waals surface area contributed by atoms with Gasteiger partial charge in [-0.3, -0.25) is 4.68 Å². The fourth-order valence-corrected chi connectivity index (χ4v) is 2.00. The summed E-state index contributed by atoms with van der Waals surface area (Å²) >= 11 is 2.97. The molecule has 96 valence electrons. The van der Waals surface area contributed by atoms with Crippen molar-refractivity contribution >= 4 is 15.9 Å². The number of halogens is 3.